The van der Waals surface area contributed by atoms with Crippen LogP contribution in [0.25, 0.3) is 0 Å². The molecule has 1 aliphatic carbocycles. The highest BCUT2D eigenvalue weighted by molar-refractivity contribution is 5.81. The third-order valence-corrected chi connectivity index (χ3v) is 3.00. The highest BCUT2D eigenvalue weighted by atomic mass is 16.1. The Hall–Kier alpha value is -0.590. The van der Waals surface area contributed by atoms with Crippen molar-refractivity contribution in [2.75, 3.05) is 0 Å². The van der Waals surface area contributed by atoms with Crippen molar-refractivity contribution in [3.8, 4) is 0 Å². The van der Waals surface area contributed by atoms with Gasteiger partial charge in [-0.25, -0.2) is 0 Å². The molecule has 1 rings (SSSR count). The quantitative estimate of drug-likeness (QED) is 0.527. The summed E-state index contributed by atoms with van der Waals surface area (Å²) in [5, 5.41) is 0. The molecule has 1 aliphatic rings. The van der Waals surface area contributed by atoms with Gasteiger partial charge in [-0.2, -0.15) is 0 Å². The molecule has 62 valence electrons. The van der Waals surface area contributed by atoms with E-state index in [0.29, 0.717) is 17.6 Å². The third kappa shape index (κ3) is 1.52. The van der Waals surface area contributed by atoms with Crippen molar-refractivity contribution in [2.24, 2.45) is 17.8 Å². The van der Waals surface area contributed by atoms with Crippen LogP contribution in [-0.4, -0.2) is 5.78 Å². The minimum Gasteiger partial charge on any atom is -0.299 e. The molecule has 1 nitrogen and oxygen atoms in total. The van der Waals surface area contributed by atoms with E-state index in [1.165, 1.54) is 0 Å². The molecule has 0 bridgehead atoms. The zero-order chi connectivity index (χ0) is 8.43. The van der Waals surface area contributed by atoms with Crippen LogP contribution in [0.2, 0.25) is 0 Å². The van der Waals surface area contributed by atoms with Gasteiger partial charge >= 0.3 is 0 Å². The zero-order valence-electron chi connectivity index (χ0n) is 7.34. The van der Waals surface area contributed by atoms with Gasteiger partial charge in [-0.15, -0.1) is 6.58 Å². The van der Waals surface area contributed by atoms with Crippen LogP contribution in [0, 0.1) is 17.8 Å². The van der Waals surface area contributed by atoms with Crippen molar-refractivity contribution in [3.63, 3.8) is 0 Å². The lowest BCUT2D eigenvalue weighted by Crippen LogP contribution is -2.30. The monoisotopic (exact) mass is 152 g/mol. The fourth-order valence-electron chi connectivity index (χ4n) is 1.80. The van der Waals surface area contributed by atoms with Crippen LogP contribution in [0.3, 0.4) is 0 Å². The predicted octanol–water partition coefficient (Wildman–Crippen LogP) is 2.42. The Morgan fingerprint density at radius 2 is 2.18 bits per heavy atom. The van der Waals surface area contributed by atoms with E-state index in [4.69, 9.17) is 0 Å². The lowest BCUT2D eigenvalue weighted by Gasteiger charge is -2.30. The summed E-state index contributed by atoms with van der Waals surface area (Å²) >= 11 is 0. The molecule has 1 fully saturated rings. The van der Waals surface area contributed by atoms with E-state index in [-0.39, 0.29) is 5.92 Å². The molecular formula is C10H16O. The highest BCUT2D eigenvalue weighted by Crippen LogP contribution is 2.32. The van der Waals surface area contributed by atoms with E-state index in [9.17, 15) is 4.79 Å². The molecule has 11 heavy (non-hydrogen) atoms. The Kier molecular flexibility index (Phi) is 2.48. The molecule has 0 unspecified atom stereocenters. The summed E-state index contributed by atoms with van der Waals surface area (Å²) in [5.41, 5.74) is 0. The van der Waals surface area contributed by atoms with Crippen LogP contribution in [0.5, 0.6) is 0 Å². The highest BCUT2D eigenvalue weighted by Gasteiger charge is 2.30. The van der Waals surface area contributed by atoms with Crippen molar-refractivity contribution >= 4 is 5.78 Å². The molecular weight excluding hydrogens is 136 g/mol. The van der Waals surface area contributed by atoms with E-state index in [1.54, 1.807) is 0 Å². The molecule has 1 saturated carbocycles. The zero-order valence-corrected chi connectivity index (χ0v) is 7.34. The van der Waals surface area contributed by atoms with Crippen LogP contribution >= 0.6 is 0 Å². The van der Waals surface area contributed by atoms with Crippen molar-refractivity contribution < 1.29 is 4.79 Å². The van der Waals surface area contributed by atoms with Gasteiger partial charge in [0.2, 0.25) is 0 Å². The first-order valence-electron chi connectivity index (χ1n) is 4.32. The third-order valence-electron chi connectivity index (χ3n) is 3.00. The molecule has 0 radical (unpaired) electrons. The maximum atomic E-state index is 11.2. The molecule has 3 atom stereocenters. The molecule has 0 saturated heterocycles. The van der Waals surface area contributed by atoms with Gasteiger partial charge in [0, 0.05) is 12.3 Å². The molecule has 0 aromatic heterocycles. The molecule has 0 N–H and O–H groups in total. The van der Waals surface area contributed by atoms with Crippen LogP contribution in [-0.2, 0) is 4.79 Å². The van der Waals surface area contributed by atoms with Crippen LogP contribution < -0.4 is 0 Å². The maximum absolute atomic E-state index is 11.2. The summed E-state index contributed by atoms with van der Waals surface area (Å²) in [5.74, 6) is 1.72. The molecule has 0 aliphatic heterocycles. The molecule has 0 heterocycles. The fraction of sp³-hybridized carbons (Fsp3) is 0.700. The predicted molar refractivity (Wildman–Crippen MR) is 46.3 cm³/mol. The molecule has 0 aromatic carbocycles. The first-order valence-corrected chi connectivity index (χ1v) is 4.32. The van der Waals surface area contributed by atoms with Gasteiger partial charge < -0.3 is 0 Å². The number of hydrogen-bond donors (Lipinski definition) is 0. The molecule has 0 amide bonds. The van der Waals surface area contributed by atoms with Gasteiger partial charge in [0.15, 0.2) is 0 Å². The maximum Gasteiger partial charge on any atom is 0.136 e. The summed E-state index contributed by atoms with van der Waals surface area (Å²) in [6, 6.07) is 0. The Morgan fingerprint density at radius 1 is 1.55 bits per heavy atom. The molecule has 0 spiro atoms. The van der Waals surface area contributed by atoms with Crippen molar-refractivity contribution in [2.45, 2.75) is 26.7 Å². The van der Waals surface area contributed by atoms with E-state index >= 15 is 0 Å². The second-order valence-electron chi connectivity index (χ2n) is 3.55. The van der Waals surface area contributed by atoms with Gasteiger partial charge in [0.05, 0.1) is 0 Å². The number of rotatable bonds is 1. The van der Waals surface area contributed by atoms with Gasteiger partial charge in [0.25, 0.3) is 0 Å². The first-order chi connectivity index (χ1) is 5.16. The van der Waals surface area contributed by atoms with Crippen molar-refractivity contribution in [3.05, 3.63) is 12.7 Å². The number of ketones is 1. The Labute approximate surface area is 68.5 Å². The van der Waals surface area contributed by atoms with Crippen LogP contribution in [0.4, 0.5) is 0 Å². The number of hydrogen-bond acceptors (Lipinski definition) is 1. The standard InChI is InChI=1S/C10H16O/c1-4-9-5-6-10(11)8(3)7(9)2/h4,7-9H,1,5-6H2,2-3H3/t7-,8-,9-/m0/s1. The summed E-state index contributed by atoms with van der Waals surface area (Å²) in [6.45, 7) is 7.96. The largest absolute Gasteiger partial charge is 0.299 e. The van der Waals surface area contributed by atoms with E-state index < -0.39 is 0 Å². The fourth-order valence-corrected chi connectivity index (χ4v) is 1.80. The second kappa shape index (κ2) is 3.21. The Bertz CT molecular complexity index is 170. The lowest BCUT2D eigenvalue weighted by molar-refractivity contribution is -0.126. The lowest BCUT2D eigenvalue weighted by atomic mass is 9.73. The van der Waals surface area contributed by atoms with Gasteiger partial charge in [-0.05, 0) is 18.3 Å². The van der Waals surface area contributed by atoms with E-state index in [2.05, 4.69) is 13.5 Å². The summed E-state index contributed by atoms with van der Waals surface area (Å²) < 4.78 is 0. The van der Waals surface area contributed by atoms with E-state index in [0.717, 1.165) is 12.8 Å². The number of Topliss-reactive ketones (excluding diaryl/α,β-unsaturated/α-hetero) is 1. The van der Waals surface area contributed by atoms with Crippen molar-refractivity contribution in [1.29, 1.82) is 0 Å². The number of carbonyl (C=O) groups excluding carboxylic acids is 1. The second-order valence-corrected chi connectivity index (χ2v) is 3.55. The summed E-state index contributed by atoms with van der Waals surface area (Å²) in [6.07, 6.45) is 3.75. The van der Waals surface area contributed by atoms with Gasteiger partial charge in [0.1, 0.15) is 5.78 Å². The number of allylic oxidation sites excluding steroid dienone is 1. The Balaban J connectivity index is 2.66. The molecule has 1 heteroatoms. The molecule has 0 aromatic rings. The minimum atomic E-state index is 0.242. The SMILES string of the molecule is C=C[C@H]1CCC(=O)[C@@H](C)[C@@H]1C. The minimum absolute atomic E-state index is 0.242. The normalized spacial score (nSPS) is 38.7. The Morgan fingerprint density at radius 3 is 2.73 bits per heavy atom. The first kappa shape index (κ1) is 8.51. The van der Waals surface area contributed by atoms with Crippen molar-refractivity contribution in [1.82, 2.24) is 0 Å². The van der Waals surface area contributed by atoms with Crippen LogP contribution in [0.15, 0.2) is 12.7 Å². The van der Waals surface area contributed by atoms with Gasteiger partial charge in [-0.3, -0.25) is 4.79 Å². The number of carbonyl (C=O) groups is 1. The summed E-state index contributed by atoms with van der Waals surface area (Å²) in [7, 11) is 0. The van der Waals surface area contributed by atoms with Gasteiger partial charge in [-0.1, -0.05) is 19.9 Å². The van der Waals surface area contributed by atoms with Crippen LogP contribution in [0.1, 0.15) is 26.7 Å². The summed E-state index contributed by atoms with van der Waals surface area (Å²) in [4.78, 5) is 11.2. The van der Waals surface area contributed by atoms with E-state index in [1.807, 2.05) is 13.0 Å². The topological polar surface area (TPSA) is 17.1 Å². The average molecular weight is 152 g/mol. The smallest absolute Gasteiger partial charge is 0.136 e. The average Bonchev–Trinajstić information content (AvgIpc) is 2.01.